The molecule has 3 N–H and O–H groups in total. The van der Waals surface area contributed by atoms with Crippen LogP contribution in [0.5, 0.6) is 0 Å². The third-order valence-corrected chi connectivity index (χ3v) is 5.09. The van der Waals surface area contributed by atoms with Crippen LogP contribution in [0.3, 0.4) is 0 Å². The Morgan fingerprint density at radius 1 is 0.926 bits per heavy atom. The fraction of sp³-hybridized carbons (Fsp3) is 0.174. The molecule has 0 spiro atoms. The molecule has 3 aromatic rings. The van der Waals surface area contributed by atoms with Crippen molar-refractivity contribution in [2.24, 2.45) is 0 Å². The summed E-state index contributed by atoms with van der Waals surface area (Å²) >= 11 is 6.20. The first-order valence-electron chi connectivity index (χ1n) is 9.06. The summed E-state index contributed by atoms with van der Waals surface area (Å²) in [4.78, 5) is 13.1. The molecule has 0 saturated carbocycles. The molecule has 3 aromatic carbocycles. The van der Waals surface area contributed by atoms with Crippen molar-refractivity contribution in [2.75, 3.05) is 5.32 Å². The molecule has 0 aliphatic rings. The first kappa shape index (κ1) is 19.2. The van der Waals surface area contributed by atoms with Crippen molar-refractivity contribution in [3.8, 4) is 0 Å². The minimum Gasteiger partial charge on any atom is -0.326 e. The molecule has 0 aromatic heterocycles. The first-order chi connectivity index (χ1) is 13.0. The van der Waals surface area contributed by atoms with Crippen LogP contribution in [-0.2, 0) is 4.79 Å². The normalized spacial score (nSPS) is 13.0. The Morgan fingerprint density at radius 3 is 2.11 bits per heavy atom. The number of carbonyl (C=O) groups excluding carboxylic acids is 1. The van der Waals surface area contributed by atoms with Gasteiger partial charge in [0.2, 0.25) is 0 Å². The van der Waals surface area contributed by atoms with Crippen LogP contribution < -0.4 is 10.6 Å². The van der Waals surface area contributed by atoms with E-state index in [4.69, 9.17) is 11.6 Å². The van der Waals surface area contributed by atoms with Crippen LogP contribution in [0.2, 0.25) is 5.02 Å². The lowest BCUT2D eigenvalue weighted by Crippen LogP contribution is -2.87. The van der Waals surface area contributed by atoms with Crippen molar-refractivity contribution in [1.82, 2.24) is 0 Å². The van der Waals surface area contributed by atoms with Gasteiger partial charge < -0.3 is 10.6 Å². The Kier molecular flexibility index (Phi) is 6.28. The Balaban J connectivity index is 1.83. The molecule has 4 heteroatoms. The van der Waals surface area contributed by atoms with E-state index in [2.05, 4.69) is 29.7 Å². The predicted octanol–water partition coefficient (Wildman–Crippen LogP) is 4.65. The second-order valence-electron chi connectivity index (χ2n) is 6.73. The summed E-state index contributed by atoms with van der Waals surface area (Å²) in [6.45, 7) is 4.05. The average Bonchev–Trinajstić information content (AvgIpc) is 2.70. The zero-order valence-electron chi connectivity index (χ0n) is 15.5. The lowest BCUT2D eigenvalue weighted by Gasteiger charge is -2.20. The van der Waals surface area contributed by atoms with Crippen molar-refractivity contribution in [3.63, 3.8) is 0 Å². The van der Waals surface area contributed by atoms with Gasteiger partial charge in [-0.25, -0.2) is 0 Å². The quantitative estimate of drug-likeness (QED) is 0.643. The van der Waals surface area contributed by atoms with E-state index >= 15 is 0 Å². The van der Waals surface area contributed by atoms with Crippen LogP contribution in [0.25, 0.3) is 0 Å². The molecule has 2 atom stereocenters. The molecule has 0 radical (unpaired) electrons. The third kappa shape index (κ3) is 4.97. The van der Waals surface area contributed by atoms with Gasteiger partial charge in [0.25, 0.3) is 5.91 Å². The minimum atomic E-state index is -0.360. The van der Waals surface area contributed by atoms with E-state index in [0.29, 0.717) is 10.7 Å². The highest BCUT2D eigenvalue weighted by atomic mass is 35.5. The van der Waals surface area contributed by atoms with E-state index < -0.39 is 0 Å². The maximum absolute atomic E-state index is 13.1. The molecular formula is C23H24ClN2O+. The van der Waals surface area contributed by atoms with Gasteiger partial charge in [-0.3, -0.25) is 4.79 Å². The molecule has 138 valence electrons. The Bertz CT molecular complexity index is 897. The number of anilines is 1. The van der Waals surface area contributed by atoms with E-state index in [1.54, 1.807) is 6.07 Å². The van der Waals surface area contributed by atoms with Crippen LogP contribution >= 0.6 is 11.6 Å². The maximum atomic E-state index is 13.1. The van der Waals surface area contributed by atoms with E-state index in [1.165, 1.54) is 5.56 Å². The largest absolute Gasteiger partial charge is 0.326 e. The molecular weight excluding hydrogens is 356 g/mol. The number of nitrogens with one attached hydrogen (secondary N) is 1. The van der Waals surface area contributed by atoms with Crippen molar-refractivity contribution >= 4 is 23.2 Å². The maximum Gasteiger partial charge on any atom is 0.287 e. The SMILES string of the molecule is Cc1ccc(NC(=O)[C@H]([NH2+][C@H](C)c2ccccc2)c2ccccc2)cc1Cl. The second-order valence-corrected chi connectivity index (χ2v) is 7.14. The monoisotopic (exact) mass is 379 g/mol. The zero-order valence-corrected chi connectivity index (χ0v) is 16.3. The molecule has 0 heterocycles. The standard InChI is InChI=1S/C23H23ClN2O/c1-16-13-14-20(15-21(16)24)26-23(27)22(19-11-7-4-8-12-19)25-17(2)18-9-5-3-6-10-18/h3-15,17,22,25H,1-2H3,(H,26,27)/p+1/t17-,22-/m1/s1. The van der Waals surface area contributed by atoms with Crippen LogP contribution in [0.4, 0.5) is 5.69 Å². The Labute approximate surface area is 165 Å². The lowest BCUT2D eigenvalue weighted by molar-refractivity contribution is -0.718. The molecule has 3 rings (SSSR count). The smallest absolute Gasteiger partial charge is 0.287 e. The number of halogens is 1. The summed E-state index contributed by atoms with van der Waals surface area (Å²) in [5.41, 5.74) is 3.84. The van der Waals surface area contributed by atoms with Gasteiger partial charge in [0.15, 0.2) is 6.04 Å². The summed E-state index contributed by atoms with van der Waals surface area (Å²) in [6, 6.07) is 25.4. The number of rotatable bonds is 6. The highest BCUT2D eigenvalue weighted by molar-refractivity contribution is 6.31. The van der Waals surface area contributed by atoms with Crippen LogP contribution in [-0.4, -0.2) is 5.91 Å². The topological polar surface area (TPSA) is 45.7 Å². The van der Waals surface area contributed by atoms with Gasteiger partial charge in [-0.2, -0.15) is 0 Å². The van der Waals surface area contributed by atoms with Gasteiger partial charge in [-0.05, 0) is 31.5 Å². The summed E-state index contributed by atoms with van der Waals surface area (Å²) in [5.74, 6) is -0.0658. The first-order valence-corrected chi connectivity index (χ1v) is 9.44. The van der Waals surface area contributed by atoms with Crippen molar-refractivity contribution in [2.45, 2.75) is 25.9 Å². The summed E-state index contributed by atoms with van der Waals surface area (Å²) in [5, 5.41) is 5.75. The van der Waals surface area contributed by atoms with Crippen LogP contribution in [0.15, 0.2) is 78.9 Å². The summed E-state index contributed by atoms with van der Waals surface area (Å²) in [6.07, 6.45) is 0. The second kappa shape index (κ2) is 8.85. The Morgan fingerprint density at radius 2 is 1.52 bits per heavy atom. The molecule has 0 bridgehead atoms. The third-order valence-electron chi connectivity index (χ3n) is 4.69. The summed E-state index contributed by atoms with van der Waals surface area (Å²) in [7, 11) is 0. The fourth-order valence-corrected chi connectivity index (χ4v) is 3.24. The number of hydrogen-bond acceptors (Lipinski definition) is 1. The van der Waals surface area contributed by atoms with Gasteiger partial charge in [0.05, 0.1) is 0 Å². The lowest BCUT2D eigenvalue weighted by atomic mass is 10.0. The average molecular weight is 380 g/mol. The van der Waals surface area contributed by atoms with Gasteiger partial charge in [-0.15, -0.1) is 0 Å². The van der Waals surface area contributed by atoms with Gasteiger partial charge >= 0.3 is 0 Å². The van der Waals surface area contributed by atoms with Crippen molar-refractivity contribution < 1.29 is 10.1 Å². The van der Waals surface area contributed by atoms with Gasteiger partial charge in [0, 0.05) is 21.8 Å². The highest BCUT2D eigenvalue weighted by Gasteiger charge is 2.27. The summed E-state index contributed by atoms with van der Waals surface area (Å²) < 4.78 is 0. The molecule has 0 fully saturated rings. The van der Waals surface area contributed by atoms with E-state index in [0.717, 1.165) is 11.1 Å². The van der Waals surface area contributed by atoms with Gasteiger partial charge in [0.1, 0.15) is 6.04 Å². The Hall–Kier alpha value is -2.62. The number of carbonyl (C=O) groups is 1. The minimum absolute atomic E-state index is 0.0658. The molecule has 0 aliphatic heterocycles. The highest BCUT2D eigenvalue weighted by Crippen LogP contribution is 2.21. The van der Waals surface area contributed by atoms with E-state index in [9.17, 15) is 4.79 Å². The molecule has 1 amide bonds. The predicted molar refractivity (Wildman–Crippen MR) is 111 cm³/mol. The van der Waals surface area contributed by atoms with Gasteiger partial charge in [-0.1, -0.05) is 78.3 Å². The fourth-order valence-electron chi connectivity index (χ4n) is 3.06. The zero-order chi connectivity index (χ0) is 19.2. The number of aryl methyl sites for hydroxylation is 1. The molecule has 0 saturated heterocycles. The number of hydrogen-bond donors (Lipinski definition) is 2. The van der Waals surface area contributed by atoms with E-state index in [-0.39, 0.29) is 18.0 Å². The number of nitrogens with two attached hydrogens (primary N) is 1. The van der Waals surface area contributed by atoms with Crippen molar-refractivity contribution in [3.05, 3.63) is 101 Å². The number of benzene rings is 3. The van der Waals surface area contributed by atoms with Crippen LogP contribution in [0.1, 0.15) is 35.7 Å². The molecule has 3 nitrogen and oxygen atoms in total. The molecule has 0 aliphatic carbocycles. The number of quaternary nitrogens is 1. The molecule has 27 heavy (non-hydrogen) atoms. The number of amides is 1. The van der Waals surface area contributed by atoms with Crippen LogP contribution in [0, 0.1) is 6.92 Å². The van der Waals surface area contributed by atoms with E-state index in [1.807, 2.05) is 67.6 Å². The van der Waals surface area contributed by atoms with Crippen molar-refractivity contribution in [1.29, 1.82) is 0 Å². The molecule has 0 unspecified atom stereocenters.